The Morgan fingerprint density at radius 1 is 1.28 bits per heavy atom. The van der Waals surface area contributed by atoms with Crippen LogP contribution in [-0.2, 0) is 13.7 Å². The maximum atomic E-state index is 9.85. The van der Waals surface area contributed by atoms with E-state index in [1.165, 1.54) is 0 Å². The summed E-state index contributed by atoms with van der Waals surface area (Å²) in [4.78, 5) is 9.35. The van der Waals surface area contributed by atoms with Gasteiger partial charge in [-0.25, -0.2) is 9.97 Å². The molecule has 1 aliphatic rings. The molecule has 0 radical (unpaired) electrons. The molecule has 4 aromatic heterocycles. The van der Waals surface area contributed by atoms with Gasteiger partial charge in [0.1, 0.15) is 11.5 Å². The fraction of sp³-hybridized carbons (Fsp3) is 0.286. The van der Waals surface area contributed by atoms with Crippen molar-refractivity contribution in [2.24, 2.45) is 7.05 Å². The average Bonchev–Trinajstić information content (AvgIpc) is 3.48. The lowest BCUT2D eigenvalue weighted by Gasteiger charge is -2.13. The average molecular weight is 389 g/mol. The fourth-order valence-electron chi connectivity index (χ4n) is 3.85. The van der Waals surface area contributed by atoms with Crippen molar-refractivity contribution in [3.05, 3.63) is 54.6 Å². The molecule has 1 saturated heterocycles. The molecule has 1 unspecified atom stereocenters. The molecule has 3 N–H and O–H groups in total. The number of aliphatic hydroxyl groups is 1. The molecule has 148 valence electrons. The van der Waals surface area contributed by atoms with Crippen LogP contribution in [0.25, 0.3) is 28.2 Å². The van der Waals surface area contributed by atoms with Gasteiger partial charge in [-0.3, -0.25) is 9.08 Å². The van der Waals surface area contributed by atoms with Gasteiger partial charge in [0.2, 0.25) is 0 Å². The van der Waals surface area contributed by atoms with Gasteiger partial charge < -0.3 is 15.7 Å². The number of aliphatic hydroxyl groups excluding tert-OH is 1. The van der Waals surface area contributed by atoms with Crippen molar-refractivity contribution in [3.63, 3.8) is 0 Å². The highest BCUT2D eigenvalue weighted by Gasteiger charge is 2.16. The molecule has 1 fully saturated rings. The monoisotopic (exact) mass is 389 g/mol. The summed E-state index contributed by atoms with van der Waals surface area (Å²) >= 11 is 0. The third kappa shape index (κ3) is 3.37. The van der Waals surface area contributed by atoms with Crippen LogP contribution in [-0.4, -0.2) is 48.4 Å². The summed E-state index contributed by atoms with van der Waals surface area (Å²) in [7, 11) is 1.88. The van der Waals surface area contributed by atoms with Gasteiger partial charge in [0.25, 0.3) is 0 Å². The Kier molecular flexibility index (Phi) is 4.49. The first-order chi connectivity index (χ1) is 14.2. The summed E-state index contributed by atoms with van der Waals surface area (Å²) in [6.07, 6.45) is 8.67. The third-order valence-corrected chi connectivity index (χ3v) is 5.34. The van der Waals surface area contributed by atoms with E-state index in [9.17, 15) is 5.11 Å². The number of anilines is 1. The van der Waals surface area contributed by atoms with Crippen molar-refractivity contribution < 1.29 is 5.11 Å². The second kappa shape index (κ2) is 7.31. The van der Waals surface area contributed by atoms with Gasteiger partial charge in [-0.1, -0.05) is 6.07 Å². The van der Waals surface area contributed by atoms with Gasteiger partial charge in [-0.15, -0.1) is 0 Å². The second-order valence-electron chi connectivity index (χ2n) is 7.39. The SMILES string of the molecule is Cn1cc(-c2cn3c(-c4cccc(NC5CCNC5)n4)cnc3cc2CO)cn1. The second-order valence-corrected chi connectivity index (χ2v) is 7.39. The lowest BCUT2D eigenvalue weighted by Crippen LogP contribution is -2.22. The minimum absolute atomic E-state index is 0.0595. The molecule has 0 amide bonds. The Labute approximate surface area is 168 Å². The fourth-order valence-corrected chi connectivity index (χ4v) is 3.85. The Balaban J connectivity index is 1.57. The number of pyridine rings is 2. The number of hydrogen-bond acceptors (Lipinski definition) is 6. The maximum Gasteiger partial charge on any atom is 0.137 e. The van der Waals surface area contributed by atoms with Crippen LogP contribution >= 0.6 is 0 Å². The van der Waals surface area contributed by atoms with Crippen LogP contribution in [0, 0.1) is 0 Å². The van der Waals surface area contributed by atoms with Crippen molar-refractivity contribution in [1.82, 2.24) is 29.5 Å². The maximum absolute atomic E-state index is 9.85. The molecular formula is C21H23N7O. The summed E-state index contributed by atoms with van der Waals surface area (Å²) in [6.45, 7) is 1.94. The van der Waals surface area contributed by atoms with Crippen LogP contribution in [0.2, 0.25) is 0 Å². The van der Waals surface area contributed by atoms with E-state index in [1.807, 2.05) is 54.3 Å². The Morgan fingerprint density at radius 2 is 2.21 bits per heavy atom. The van der Waals surface area contributed by atoms with Crippen molar-refractivity contribution in [2.45, 2.75) is 19.1 Å². The van der Waals surface area contributed by atoms with Crippen molar-refractivity contribution in [1.29, 1.82) is 0 Å². The molecule has 5 rings (SSSR count). The molecule has 8 nitrogen and oxygen atoms in total. The summed E-state index contributed by atoms with van der Waals surface area (Å²) in [5, 5.41) is 21.0. The zero-order chi connectivity index (χ0) is 19.8. The number of aryl methyl sites for hydroxylation is 1. The quantitative estimate of drug-likeness (QED) is 0.484. The lowest BCUT2D eigenvalue weighted by molar-refractivity contribution is 0.282. The number of aromatic nitrogens is 5. The smallest absolute Gasteiger partial charge is 0.137 e. The standard InChI is InChI=1S/C21H23N7O/c1-27-11-15(8-24-27)17-12-28-19(10-23-21(28)7-14(17)13-29)18-3-2-4-20(26-18)25-16-5-6-22-9-16/h2-4,7-8,10-12,16,22,29H,5-6,9,13H2,1H3,(H,25,26). The van der Waals surface area contributed by atoms with Crippen molar-refractivity contribution >= 4 is 11.5 Å². The third-order valence-electron chi connectivity index (χ3n) is 5.34. The van der Waals surface area contributed by atoms with Gasteiger partial charge >= 0.3 is 0 Å². The highest BCUT2D eigenvalue weighted by molar-refractivity contribution is 5.71. The molecule has 0 aromatic carbocycles. The summed E-state index contributed by atoms with van der Waals surface area (Å²) in [5.41, 5.74) is 5.23. The van der Waals surface area contributed by atoms with Crippen molar-refractivity contribution in [3.8, 4) is 22.5 Å². The number of nitrogens with one attached hydrogen (secondary N) is 2. The molecule has 5 heterocycles. The number of rotatable bonds is 5. The van der Waals surface area contributed by atoms with Crippen LogP contribution in [0.3, 0.4) is 0 Å². The molecular weight excluding hydrogens is 366 g/mol. The van der Waals surface area contributed by atoms with E-state index in [-0.39, 0.29) is 6.61 Å². The minimum atomic E-state index is -0.0595. The predicted molar refractivity (Wildman–Crippen MR) is 111 cm³/mol. The Hall–Kier alpha value is -3.23. The molecule has 4 aromatic rings. The first-order valence-electron chi connectivity index (χ1n) is 9.76. The highest BCUT2D eigenvalue weighted by Crippen LogP contribution is 2.28. The van der Waals surface area contributed by atoms with Crippen molar-refractivity contribution in [2.75, 3.05) is 18.4 Å². The molecule has 1 atom stereocenters. The predicted octanol–water partition coefficient (Wildman–Crippen LogP) is 2.06. The van der Waals surface area contributed by atoms with E-state index < -0.39 is 0 Å². The van der Waals surface area contributed by atoms with E-state index in [2.05, 4.69) is 20.7 Å². The molecule has 0 aliphatic carbocycles. The normalized spacial score (nSPS) is 16.6. The van der Waals surface area contributed by atoms with Gasteiger partial charge in [0, 0.05) is 43.2 Å². The Bertz CT molecular complexity index is 1160. The summed E-state index contributed by atoms with van der Waals surface area (Å²) < 4.78 is 3.77. The van der Waals surface area contributed by atoms with Gasteiger partial charge in [-0.05, 0) is 36.7 Å². The van der Waals surface area contributed by atoms with Gasteiger partial charge in [0.05, 0.1) is 30.4 Å². The van der Waals surface area contributed by atoms with Gasteiger partial charge in [-0.2, -0.15) is 5.10 Å². The number of imidazole rings is 1. The molecule has 1 aliphatic heterocycles. The number of hydrogen-bond donors (Lipinski definition) is 3. The largest absolute Gasteiger partial charge is 0.392 e. The first kappa shape index (κ1) is 17.8. The van der Waals surface area contributed by atoms with E-state index in [4.69, 9.17) is 4.98 Å². The molecule has 0 bridgehead atoms. The Morgan fingerprint density at radius 3 is 2.97 bits per heavy atom. The highest BCUT2D eigenvalue weighted by atomic mass is 16.3. The molecule has 29 heavy (non-hydrogen) atoms. The summed E-state index contributed by atoms with van der Waals surface area (Å²) in [6, 6.07) is 8.32. The van der Waals surface area contributed by atoms with E-state index in [1.54, 1.807) is 10.9 Å². The molecule has 0 spiro atoms. The number of nitrogens with zero attached hydrogens (tertiary/aromatic N) is 5. The first-order valence-corrected chi connectivity index (χ1v) is 9.76. The zero-order valence-corrected chi connectivity index (χ0v) is 16.2. The van der Waals surface area contributed by atoms with Crippen LogP contribution < -0.4 is 10.6 Å². The van der Waals surface area contributed by atoms with Crippen LogP contribution in [0.15, 0.2) is 49.1 Å². The number of fused-ring (bicyclic) bond motifs is 1. The van der Waals surface area contributed by atoms with Gasteiger partial charge in [0.15, 0.2) is 0 Å². The van der Waals surface area contributed by atoms with E-state index in [0.717, 1.165) is 59.1 Å². The topological polar surface area (TPSA) is 92.3 Å². The van der Waals surface area contributed by atoms with E-state index in [0.29, 0.717) is 6.04 Å². The molecule has 8 heteroatoms. The molecule has 0 saturated carbocycles. The van der Waals surface area contributed by atoms with Crippen LogP contribution in [0.4, 0.5) is 5.82 Å². The zero-order valence-electron chi connectivity index (χ0n) is 16.2. The summed E-state index contributed by atoms with van der Waals surface area (Å²) in [5.74, 6) is 0.866. The lowest BCUT2D eigenvalue weighted by atomic mass is 10.1. The van der Waals surface area contributed by atoms with Crippen LogP contribution in [0.5, 0.6) is 0 Å². The van der Waals surface area contributed by atoms with E-state index >= 15 is 0 Å². The minimum Gasteiger partial charge on any atom is -0.392 e. The van der Waals surface area contributed by atoms with Crippen LogP contribution in [0.1, 0.15) is 12.0 Å².